The van der Waals surface area contributed by atoms with Crippen molar-refractivity contribution in [2.24, 2.45) is 5.92 Å². The van der Waals surface area contributed by atoms with Crippen LogP contribution in [0.15, 0.2) is 54.6 Å². The Hall–Kier alpha value is -2.62. The van der Waals surface area contributed by atoms with E-state index in [2.05, 4.69) is 29.6 Å². The van der Waals surface area contributed by atoms with Crippen LogP contribution < -0.4 is 10.1 Å². The quantitative estimate of drug-likeness (QED) is 0.717. The number of carbonyl (C=O) groups is 2. The second-order valence-corrected chi connectivity index (χ2v) is 7.69. The fraction of sp³-hybridized carbons (Fsp3) is 0.417. The predicted molar refractivity (Wildman–Crippen MR) is 111 cm³/mol. The molecule has 148 valence electrons. The molecular weight excluding hydrogens is 350 g/mol. The van der Waals surface area contributed by atoms with Gasteiger partial charge in [0.1, 0.15) is 5.75 Å². The van der Waals surface area contributed by atoms with Gasteiger partial charge in [-0.15, -0.1) is 0 Å². The third-order valence-corrected chi connectivity index (χ3v) is 5.50. The number of ketones is 1. The second-order valence-electron chi connectivity index (χ2n) is 7.69. The van der Waals surface area contributed by atoms with Crippen molar-refractivity contribution >= 4 is 11.7 Å². The molecule has 1 aliphatic rings. The normalized spacial score (nSPS) is 20.2. The van der Waals surface area contributed by atoms with Gasteiger partial charge in [-0.25, -0.2) is 0 Å². The van der Waals surface area contributed by atoms with Gasteiger partial charge in [-0.3, -0.25) is 9.59 Å². The van der Waals surface area contributed by atoms with Gasteiger partial charge in [0.05, 0.1) is 0 Å². The molecule has 1 aliphatic carbocycles. The highest BCUT2D eigenvalue weighted by molar-refractivity contribution is 5.94. The van der Waals surface area contributed by atoms with Crippen molar-refractivity contribution < 1.29 is 14.3 Å². The van der Waals surface area contributed by atoms with Crippen molar-refractivity contribution in [1.82, 2.24) is 5.32 Å². The summed E-state index contributed by atoms with van der Waals surface area (Å²) in [4.78, 5) is 24.3. The Balaban J connectivity index is 1.60. The molecule has 4 nitrogen and oxygen atoms in total. The van der Waals surface area contributed by atoms with Crippen LogP contribution in [0.3, 0.4) is 0 Å². The number of rotatable bonds is 7. The van der Waals surface area contributed by atoms with Gasteiger partial charge in [0.15, 0.2) is 11.9 Å². The van der Waals surface area contributed by atoms with Gasteiger partial charge in [-0.2, -0.15) is 0 Å². The van der Waals surface area contributed by atoms with Crippen LogP contribution in [-0.2, 0) is 11.2 Å². The second kappa shape index (κ2) is 9.54. The Bertz CT molecular complexity index is 803. The van der Waals surface area contributed by atoms with Gasteiger partial charge in [0.25, 0.3) is 5.91 Å². The number of benzene rings is 2. The first-order valence-electron chi connectivity index (χ1n) is 10.1. The van der Waals surface area contributed by atoms with E-state index in [1.807, 2.05) is 6.07 Å². The van der Waals surface area contributed by atoms with Crippen LogP contribution in [0.4, 0.5) is 0 Å². The summed E-state index contributed by atoms with van der Waals surface area (Å²) in [5.74, 6) is 0.875. The monoisotopic (exact) mass is 379 g/mol. The molecule has 0 radical (unpaired) electrons. The standard InChI is InChI=1S/C24H29NO3/c1-17(26)20-12-8-13-22(16-20)28-18(2)24(27)25-23-14-7-6-11-21(23)15-19-9-4-3-5-10-19/h3-5,8-10,12-13,16,18,21,23H,6-7,11,14-15H2,1-2H3,(H,25,27). The van der Waals surface area contributed by atoms with Gasteiger partial charge >= 0.3 is 0 Å². The lowest BCUT2D eigenvalue weighted by Crippen LogP contribution is -2.47. The molecule has 0 aromatic heterocycles. The Morgan fingerprint density at radius 1 is 1.07 bits per heavy atom. The lowest BCUT2D eigenvalue weighted by molar-refractivity contribution is -0.128. The Kier molecular flexibility index (Phi) is 6.85. The minimum Gasteiger partial charge on any atom is -0.481 e. The molecule has 0 bridgehead atoms. The maximum absolute atomic E-state index is 12.7. The van der Waals surface area contributed by atoms with E-state index in [9.17, 15) is 9.59 Å². The van der Waals surface area contributed by atoms with E-state index in [-0.39, 0.29) is 17.7 Å². The maximum Gasteiger partial charge on any atom is 0.261 e. The summed E-state index contributed by atoms with van der Waals surface area (Å²) in [5, 5.41) is 3.22. The van der Waals surface area contributed by atoms with Crippen LogP contribution in [0.5, 0.6) is 5.75 Å². The molecule has 0 spiro atoms. The van der Waals surface area contributed by atoms with Gasteiger partial charge in [0, 0.05) is 11.6 Å². The summed E-state index contributed by atoms with van der Waals surface area (Å²) in [5.41, 5.74) is 1.90. The van der Waals surface area contributed by atoms with E-state index >= 15 is 0 Å². The molecule has 0 heterocycles. The smallest absolute Gasteiger partial charge is 0.261 e. The fourth-order valence-corrected chi connectivity index (χ4v) is 3.90. The average molecular weight is 380 g/mol. The van der Waals surface area contributed by atoms with Crippen LogP contribution in [0, 0.1) is 5.92 Å². The molecule has 1 N–H and O–H groups in total. The van der Waals surface area contributed by atoms with Crippen molar-refractivity contribution in [2.75, 3.05) is 0 Å². The first kappa shape index (κ1) is 20.1. The molecular formula is C24H29NO3. The molecule has 3 atom stereocenters. The zero-order valence-corrected chi connectivity index (χ0v) is 16.7. The molecule has 28 heavy (non-hydrogen) atoms. The van der Waals surface area contributed by atoms with Crippen molar-refractivity contribution in [3.8, 4) is 5.75 Å². The lowest BCUT2D eigenvalue weighted by atomic mass is 9.80. The largest absolute Gasteiger partial charge is 0.481 e. The third-order valence-electron chi connectivity index (χ3n) is 5.50. The average Bonchev–Trinajstić information content (AvgIpc) is 2.70. The lowest BCUT2D eigenvalue weighted by Gasteiger charge is -2.33. The number of Topliss-reactive ketones (excluding diaryl/α,β-unsaturated/α-hetero) is 1. The highest BCUT2D eigenvalue weighted by Gasteiger charge is 2.28. The van der Waals surface area contributed by atoms with Crippen LogP contribution in [0.2, 0.25) is 0 Å². The minimum absolute atomic E-state index is 0.0199. The molecule has 4 heteroatoms. The van der Waals surface area contributed by atoms with E-state index in [1.165, 1.54) is 18.9 Å². The van der Waals surface area contributed by atoms with Gasteiger partial charge in [0.2, 0.25) is 0 Å². The number of nitrogens with one attached hydrogen (secondary N) is 1. The van der Waals surface area contributed by atoms with E-state index < -0.39 is 6.10 Å². The molecule has 3 rings (SSSR count). The predicted octanol–water partition coefficient (Wildman–Crippen LogP) is 4.57. The first-order valence-corrected chi connectivity index (χ1v) is 10.1. The topological polar surface area (TPSA) is 55.4 Å². The molecule has 3 unspecified atom stereocenters. The molecule has 0 aliphatic heterocycles. The number of carbonyl (C=O) groups excluding carboxylic acids is 2. The third kappa shape index (κ3) is 5.44. The van der Waals surface area contributed by atoms with E-state index in [0.29, 0.717) is 17.2 Å². The Labute approximate surface area is 167 Å². The number of ether oxygens (including phenoxy) is 1. The number of hydrogen-bond donors (Lipinski definition) is 1. The van der Waals surface area contributed by atoms with E-state index in [1.54, 1.807) is 31.2 Å². The summed E-state index contributed by atoms with van der Waals surface area (Å²) in [7, 11) is 0. The van der Waals surface area contributed by atoms with Gasteiger partial charge in [-0.05, 0) is 56.7 Å². The highest BCUT2D eigenvalue weighted by Crippen LogP contribution is 2.28. The molecule has 1 amide bonds. The molecule has 2 aromatic rings. The maximum atomic E-state index is 12.7. The molecule has 1 saturated carbocycles. The minimum atomic E-state index is -0.610. The Morgan fingerprint density at radius 3 is 2.57 bits per heavy atom. The fourth-order valence-electron chi connectivity index (χ4n) is 3.90. The SMILES string of the molecule is CC(=O)c1cccc(OC(C)C(=O)NC2CCCCC2Cc2ccccc2)c1. The molecule has 1 fully saturated rings. The van der Waals surface area contributed by atoms with Crippen LogP contribution in [0.1, 0.15) is 55.5 Å². The summed E-state index contributed by atoms with van der Waals surface area (Å²) in [6.07, 6.45) is 4.88. The van der Waals surface area contributed by atoms with Crippen LogP contribution in [-0.4, -0.2) is 23.8 Å². The summed E-state index contributed by atoms with van der Waals surface area (Å²) < 4.78 is 5.80. The number of amides is 1. The van der Waals surface area contributed by atoms with Crippen LogP contribution >= 0.6 is 0 Å². The summed E-state index contributed by atoms with van der Waals surface area (Å²) in [6.45, 7) is 3.27. The summed E-state index contributed by atoms with van der Waals surface area (Å²) >= 11 is 0. The zero-order valence-electron chi connectivity index (χ0n) is 16.7. The first-order chi connectivity index (χ1) is 13.5. The summed E-state index contributed by atoms with van der Waals surface area (Å²) in [6, 6.07) is 17.6. The Morgan fingerprint density at radius 2 is 1.82 bits per heavy atom. The number of hydrogen-bond acceptors (Lipinski definition) is 3. The molecule has 2 aromatic carbocycles. The van der Waals surface area contributed by atoms with Crippen molar-refractivity contribution in [2.45, 2.75) is 58.1 Å². The zero-order chi connectivity index (χ0) is 19.9. The van der Waals surface area contributed by atoms with E-state index in [0.717, 1.165) is 25.7 Å². The van der Waals surface area contributed by atoms with Crippen molar-refractivity contribution in [3.05, 3.63) is 65.7 Å². The van der Waals surface area contributed by atoms with Crippen molar-refractivity contribution in [3.63, 3.8) is 0 Å². The highest BCUT2D eigenvalue weighted by atomic mass is 16.5. The van der Waals surface area contributed by atoms with Gasteiger partial charge < -0.3 is 10.1 Å². The molecule has 0 saturated heterocycles. The van der Waals surface area contributed by atoms with E-state index in [4.69, 9.17) is 4.74 Å². The van der Waals surface area contributed by atoms with Gasteiger partial charge in [-0.1, -0.05) is 55.3 Å². The van der Waals surface area contributed by atoms with Crippen molar-refractivity contribution in [1.29, 1.82) is 0 Å². The van der Waals surface area contributed by atoms with Crippen LogP contribution in [0.25, 0.3) is 0 Å².